The zero-order chi connectivity index (χ0) is 13.7. The molecule has 3 nitrogen and oxygen atoms in total. The summed E-state index contributed by atoms with van der Waals surface area (Å²) in [6, 6.07) is 8.05. The minimum absolute atomic E-state index is 0.141. The molecule has 1 aliphatic rings. The second-order valence-corrected chi connectivity index (χ2v) is 5.37. The fourth-order valence-corrected chi connectivity index (χ4v) is 2.62. The van der Waals surface area contributed by atoms with Crippen LogP contribution in [0, 0.1) is 0 Å². The monoisotopic (exact) mass is 276 g/mol. The average Bonchev–Trinajstić information content (AvgIpc) is 2.91. The lowest BCUT2D eigenvalue weighted by Gasteiger charge is -2.14. The van der Waals surface area contributed by atoms with Crippen molar-refractivity contribution in [1.29, 1.82) is 0 Å². The van der Waals surface area contributed by atoms with Crippen LogP contribution in [0.25, 0.3) is 0 Å². The van der Waals surface area contributed by atoms with Gasteiger partial charge in [0.05, 0.1) is 0 Å². The Morgan fingerprint density at radius 2 is 1.89 bits per heavy atom. The van der Waals surface area contributed by atoms with Gasteiger partial charge in [-0.15, -0.1) is 0 Å². The summed E-state index contributed by atoms with van der Waals surface area (Å²) >= 11 is 5.17. The van der Waals surface area contributed by atoms with E-state index in [0.29, 0.717) is 16.7 Å². The van der Waals surface area contributed by atoms with Crippen molar-refractivity contribution in [3.8, 4) is 0 Å². The first-order chi connectivity index (χ1) is 9.19. The van der Waals surface area contributed by atoms with Gasteiger partial charge in [0.1, 0.15) is 0 Å². The molecule has 0 bridgehead atoms. The zero-order valence-corrected chi connectivity index (χ0v) is 12.1. The second-order valence-electron chi connectivity index (χ2n) is 4.96. The molecule has 1 saturated carbocycles. The van der Waals surface area contributed by atoms with Crippen LogP contribution in [0.4, 0.5) is 0 Å². The van der Waals surface area contributed by atoms with Gasteiger partial charge in [-0.1, -0.05) is 31.9 Å². The quantitative estimate of drug-likeness (QED) is 0.834. The average molecular weight is 276 g/mol. The van der Waals surface area contributed by atoms with E-state index >= 15 is 0 Å². The van der Waals surface area contributed by atoms with Gasteiger partial charge in [0.2, 0.25) is 0 Å². The standard InChI is InChI=1S/C15H20N2OS/c1-2-11-7-9-12(10-8-11)14(18)17-15(19)16-13-5-3-4-6-13/h7-10,13H,2-6H2,1H3,(H2,16,17,18,19). The number of aryl methyl sites for hydroxylation is 1. The number of thiocarbonyl (C=S) groups is 1. The molecular weight excluding hydrogens is 256 g/mol. The maximum atomic E-state index is 12.0. The van der Waals surface area contributed by atoms with Crippen molar-refractivity contribution >= 4 is 23.2 Å². The molecular formula is C15H20N2OS. The molecule has 4 heteroatoms. The van der Waals surface area contributed by atoms with E-state index in [-0.39, 0.29) is 5.91 Å². The van der Waals surface area contributed by atoms with E-state index in [1.54, 1.807) is 0 Å². The van der Waals surface area contributed by atoms with E-state index in [4.69, 9.17) is 12.2 Å². The number of carbonyl (C=O) groups excluding carboxylic acids is 1. The molecule has 0 aromatic heterocycles. The summed E-state index contributed by atoms with van der Waals surface area (Å²) in [7, 11) is 0. The predicted octanol–water partition coefficient (Wildman–Crippen LogP) is 2.80. The molecule has 0 radical (unpaired) electrons. The Morgan fingerprint density at radius 3 is 2.47 bits per heavy atom. The highest BCUT2D eigenvalue weighted by Crippen LogP contribution is 2.17. The molecule has 102 valence electrons. The third-order valence-electron chi connectivity index (χ3n) is 3.54. The molecule has 0 atom stereocenters. The fourth-order valence-electron chi connectivity index (χ4n) is 2.36. The summed E-state index contributed by atoms with van der Waals surface area (Å²) in [6.45, 7) is 2.09. The van der Waals surface area contributed by atoms with Crippen LogP contribution in [0.15, 0.2) is 24.3 Å². The SMILES string of the molecule is CCc1ccc(C(=O)NC(=S)NC2CCCC2)cc1. The Bertz CT molecular complexity index is 450. The molecule has 19 heavy (non-hydrogen) atoms. The zero-order valence-electron chi connectivity index (χ0n) is 11.2. The number of amides is 1. The van der Waals surface area contributed by atoms with Crippen molar-refractivity contribution < 1.29 is 4.79 Å². The van der Waals surface area contributed by atoms with E-state index in [2.05, 4.69) is 17.6 Å². The van der Waals surface area contributed by atoms with E-state index in [1.165, 1.54) is 18.4 Å². The maximum Gasteiger partial charge on any atom is 0.257 e. The second kappa shape index (κ2) is 6.66. The van der Waals surface area contributed by atoms with Crippen molar-refractivity contribution in [2.45, 2.75) is 45.1 Å². The van der Waals surface area contributed by atoms with Crippen LogP contribution in [0.5, 0.6) is 0 Å². The highest BCUT2D eigenvalue weighted by Gasteiger charge is 2.16. The molecule has 2 N–H and O–H groups in total. The Morgan fingerprint density at radius 1 is 1.26 bits per heavy atom. The minimum atomic E-state index is -0.141. The van der Waals surface area contributed by atoms with Gasteiger partial charge < -0.3 is 5.32 Å². The van der Waals surface area contributed by atoms with Gasteiger partial charge in [0.25, 0.3) is 5.91 Å². The minimum Gasteiger partial charge on any atom is -0.360 e. The first-order valence-corrected chi connectivity index (χ1v) is 7.30. The van der Waals surface area contributed by atoms with Crippen LogP contribution >= 0.6 is 12.2 Å². The van der Waals surface area contributed by atoms with Crippen molar-refractivity contribution in [3.05, 3.63) is 35.4 Å². The topological polar surface area (TPSA) is 41.1 Å². The van der Waals surface area contributed by atoms with E-state index in [1.807, 2.05) is 24.3 Å². The van der Waals surface area contributed by atoms with Gasteiger partial charge in [-0.3, -0.25) is 10.1 Å². The number of hydrogen-bond donors (Lipinski definition) is 2. The Hall–Kier alpha value is -1.42. The van der Waals surface area contributed by atoms with Crippen LogP contribution in [-0.2, 0) is 6.42 Å². The smallest absolute Gasteiger partial charge is 0.257 e. The summed E-state index contributed by atoms with van der Waals surface area (Å²) in [5.41, 5.74) is 1.87. The summed E-state index contributed by atoms with van der Waals surface area (Å²) in [5.74, 6) is -0.141. The number of rotatable bonds is 3. The van der Waals surface area contributed by atoms with Crippen LogP contribution < -0.4 is 10.6 Å². The fraction of sp³-hybridized carbons (Fsp3) is 0.467. The number of carbonyl (C=O) groups is 1. The summed E-state index contributed by atoms with van der Waals surface area (Å²) in [6.07, 6.45) is 5.74. The Balaban J connectivity index is 1.86. The number of hydrogen-bond acceptors (Lipinski definition) is 2. The lowest BCUT2D eigenvalue weighted by atomic mass is 10.1. The van der Waals surface area contributed by atoms with Crippen molar-refractivity contribution in [2.24, 2.45) is 0 Å². The van der Waals surface area contributed by atoms with E-state index in [9.17, 15) is 4.79 Å². The van der Waals surface area contributed by atoms with Gasteiger partial charge in [0, 0.05) is 11.6 Å². The Labute approximate surface area is 119 Å². The molecule has 1 aliphatic carbocycles. The molecule has 0 unspecified atom stereocenters. The maximum absolute atomic E-state index is 12.0. The molecule has 1 aromatic rings. The van der Waals surface area contributed by atoms with E-state index in [0.717, 1.165) is 19.3 Å². The molecule has 1 aromatic carbocycles. The molecule has 1 amide bonds. The van der Waals surface area contributed by atoms with Crippen molar-refractivity contribution in [1.82, 2.24) is 10.6 Å². The largest absolute Gasteiger partial charge is 0.360 e. The van der Waals surface area contributed by atoms with Gasteiger partial charge in [-0.05, 0) is 49.2 Å². The van der Waals surface area contributed by atoms with E-state index < -0.39 is 0 Å². The highest BCUT2D eigenvalue weighted by molar-refractivity contribution is 7.80. The van der Waals surface area contributed by atoms with Crippen LogP contribution in [0.3, 0.4) is 0 Å². The summed E-state index contributed by atoms with van der Waals surface area (Å²) in [5, 5.41) is 6.38. The molecule has 0 aliphatic heterocycles. The molecule has 0 spiro atoms. The normalized spacial score (nSPS) is 15.2. The van der Waals surface area contributed by atoms with Crippen molar-refractivity contribution in [2.75, 3.05) is 0 Å². The van der Waals surface area contributed by atoms with Crippen LogP contribution in [-0.4, -0.2) is 17.1 Å². The summed E-state index contributed by atoms with van der Waals surface area (Å²) < 4.78 is 0. The number of nitrogens with one attached hydrogen (secondary N) is 2. The summed E-state index contributed by atoms with van der Waals surface area (Å²) in [4.78, 5) is 12.0. The molecule has 1 fully saturated rings. The third-order valence-corrected chi connectivity index (χ3v) is 3.76. The van der Waals surface area contributed by atoms with Crippen molar-refractivity contribution in [3.63, 3.8) is 0 Å². The Kier molecular flexibility index (Phi) is 4.91. The lowest BCUT2D eigenvalue weighted by molar-refractivity contribution is 0.0976. The van der Waals surface area contributed by atoms with Crippen LogP contribution in [0.2, 0.25) is 0 Å². The van der Waals surface area contributed by atoms with Crippen LogP contribution in [0.1, 0.15) is 48.5 Å². The van der Waals surface area contributed by atoms with Gasteiger partial charge in [-0.25, -0.2) is 0 Å². The predicted molar refractivity (Wildman–Crippen MR) is 81.3 cm³/mol. The number of benzene rings is 1. The van der Waals surface area contributed by atoms with Gasteiger partial charge >= 0.3 is 0 Å². The molecule has 2 rings (SSSR count). The third kappa shape index (κ3) is 4.03. The lowest BCUT2D eigenvalue weighted by Crippen LogP contribution is -2.43. The van der Waals surface area contributed by atoms with Gasteiger partial charge in [0.15, 0.2) is 5.11 Å². The molecule has 0 heterocycles. The first-order valence-electron chi connectivity index (χ1n) is 6.90. The highest BCUT2D eigenvalue weighted by atomic mass is 32.1. The first kappa shape index (κ1) is 14.0. The van der Waals surface area contributed by atoms with Gasteiger partial charge in [-0.2, -0.15) is 0 Å². The molecule has 0 saturated heterocycles.